The van der Waals surface area contributed by atoms with Crippen LogP contribution in [0.5, 0.6) is 11.5 Å². The molecule has 9 heteroatoms. The number of carbonyl (C=O) groups excluding carboxylic acids is 2. The second kappa shape index (κ2) is 9.87. The van der Waals surface area contributed by atoms with Crippen molar-refractivity contribution in [3.05, 3.63) is 93.5 Å². The molecule has 1 aliphatic heterocycles. The molecule has 180 valence electrons. The third kappa shape index (κ3) is 4.51. The molecular weight excluding hydrogens is 524 g/mol. The highest BCUT2D eigenvalue weighted by Crippen LogP contribution is 2.45. The number of aliphatic hydroxyl groups is 1. The highest BCUT2D eigenvalue weighted by atomic mass is 79.9. The number of hydrogen-bond acceptors (Lipinski definition) is 5. The third-order valence-corrected chi connectivity index (χ3v) is 6.06. The van der Waals surface area contributed by atoms with E-state index >= 15 is 0 Å². The first kappa shape index (κ1) is 24.4. The van der Waals surface area contributed by atoms with Crippen molar-refractivity contribution in [2.45, 2.75) is 13.0 Å². The van der Waals surface area contributed by atoms with Crippen LogP contribution < -0.4 is 14.4 Å². The Kier molecular flexibility index (Phi) is 6.88. The van der Waals surface area contributed by atoms with Crippen LogP contribution in [0.2, 0.25) is 0 Å². The standard InChI is InChI=1S/C26H20BrF2NO5/c1-3-35-21-12-15(6-11-20(21)34-2)23-22(24(31)14-4-7-16(27)8-5-14)25(32)26(33)30(23)19-13-17(28)9-10-18(19)29/h4-13,23,31H,3H2,1-2H3/b24-22+. The number of benzene rings is 3. The zero-order valence-electron chi connectivity index (χ0n) is 18.7. The highest BCUT2D eigenvalue weighted by molar-refractivity contribution is 9.10. The molecule has 3 aromatic rings. The Balaban J connectivity index is 1.99. The van der Waals surface area contributed by atoms with Gasteiger partial charge >= 0.3 is 0 Å². The van der Waals surface area contributed by atoms with E-state index in [0.717, 1.165) is 27.6 Å². The quantitative estimate of drug-likeness (QED) is 0.243. The van der Waals surface area contributed by atoms with Gasteiger partial charge in [0.25, 0.3) is 11.7 Å². The molecule has 0 aliphatic carbocycles. The van der Waals surface area contributed by atoms with Gasteiger partial charge in [-0.2, -0.15) is 0 Å². The number of hydrogen-bond donors (Lipinski definition) is 1. The summed E-state index contributed by atoms with van der Waals surface area (Å²) in [5, 5.41) is 11.1. The number of amides is 1. The van der Waals surface area contributed by atoms with Gasteiger partial charge in [0.15, 0.2) is 11.5 Å². The van der Waals surface area contributed by atoms with E-state index in [-0.39, 0.29) is 11.1 Å². The smallest absolute Gasteiger partial charge is 0.300 e. The Morgan fingerprint density at radius 1 is 1.03 bits per heavy atom. The number of halogens is 3. The summed E-state index contributed by atoms with van der Waals surface area (Å²) in [6.07, 6.45) is 0. The van der Waals surface area contributed by atoms with E-state index in [1.165, 1.54) is 13.2 Å². The van der Waals surface area contributed by atoms with Gasteiger partial charge in [0.1, 0.15) is 17.4 Å². The number of Topliss-reactive ketones (excluding diaryl/α,β-unsaturated/α-hetero) is 1. The number of aliphatic hydroxyl groups excluding tert-OH is 1. The summed E-state index contributed by atoms with van der Waals surface area (Å²) in [6, 6.07) is 12.5. The molecule has 3 aromatic carbocycles. The van der Waals surface area contributed by atoms with E-state index in [0.29, 0.717) is 23.7 Å². The number of ether oxygens (including phenoxy) is 2. The minimum absolute atomic E-state index is 0.270. The third-order valence-electron chi connectivity index (χ3n) is 5.53. The molecule has 6 nitrogen and oxygen atoms in total. The van der Waals surface area contributed by atoms with Crippen molar-refractivity contribution in [2.75, 3.05) is 18.6 Å². The van der Waals surface area contributed by atoms with Crippen LogP contribution in [0.1, 0.15) is 24.1 Å². The predicted octanol–water partition coefficient (Wildman–Crippen LogP) is 5.76. The number of rotatable bonds is 6. The van der Waals surface area contributed by atoms with Crippen LogP contribution in [-0.2, 0) is 9.59 Å². The summed E-state index contributed by atoms with van der Waals surface area (Å²) in [4.78, 5) is 27.2. The van der Waals surface area contributed by atoms with Crippen molar-refractivity contribution < 1.29 is 33.0 Å². The fourth-order valence-corrected chi connectivity index (χ4v) is 4.23. The Hall–Kier alpha value is -3.72. The lowest BCUT2D eigenvalue weighted by Gasteiger charge is -2.26. The maximum absolute atomic E-state index is 14.8. The van der Waals surface area contributed by atoms with Crippen molar-refractivity contribution in [3.63, 3.8) is 0 Å². The largest absolute Gasteiger partial charge is 0.507 e. The van der Waals surface area contributed by atoms with E-state index in [2.05, 4.69) is 15.9 Å². The molecule has 1 saturated heterocycles. The van der Waals surface area contributed by atoms with E-state index in [9.17, 15) is 23.5 Å². The van der Waals surface area contributed by atoms with E-state index in [4.69, 9.17) is 9.47 Å². The molecule has 1 amide bonds. The van der Waals surface area contributed by atoms with Crippen LogP contribution in [0, 0.1) is 11.6 Å². The van der Waals surface area contributed by atoms with Gasteiger partial charge in [-0.3, -0.25) is 14.5 Å². The number of anilines is 1. The Morgan fingerprint density at radius 2 is 1.74 bits per heavy atom. The van der Waals surface area contributed by atoms with Gasteiger partial charge < -0.3 is 14.6 Å². The minimum atomic E-state index is -1.26. The first-order chi connectivity index (χ1) is 16.8. The van der Waals surface area contributed by atoms with E-state index in [1.807, 2.05) is 0 Å². The normalized spacial score (nSPS) is 17.1. The molecule has 4 rings (SSSR count). The monoisotopic (exact) mass is 543 g/mol. The zero-order valence-corrected chi connectivity index (χ0v) is 20.3. The SMILES string of the molecule is CCOc1cc(C2/C(=C(\O)c3ccc(Br)cc3)C(=O)C(=O)N2c2cc(F)ccc2F)ccc1OC. The maximum atomic E-state index is 14.8. The second-order valence-corrected chi connectivity index (χ2v) is 8.53. The highest BCUT2D eigenvalue weighted by Gasteiger charge is 2.48. The molecule has 35 heavy (non-hydrogen) atoms. The number of ketones is 1. The molecule has 1 aliphatic rings. The summed E-state index contributed by atoms with van der Waals surface area (Å²) < 4.78 is 40.6. The molecule has 0 spiro atoms. The van der Waals surface area contributed by atoms with Crippen LogP contribution in [0.4, 0.5) is 14.5 Å². The maximum Gasteiger partial charge on any atom is 0.300 e. The average molecular weight is 544 g/mol. The van der Waals surface area contributed by atoms with Crippen molar-refractivity contribution >= 4 is 39.1 Å². The van der Waals surface area contributed by atoms with Gasteiger partial charge in [0, 0.05) is 16.1 Å². The van der Waals surface area contributed by atoms with E-state index < -0.39 is 40.8 Å². The second-order valence-electron chi connectivity index (χ2n) is 7.62. The molecule has 1 atom stereocenters. The number of methoxy groups -OCH3 is 1. The summed E-state index contributed by atoms with van der Waals surface area (Å²) in [6.45, 7) is 2.07. The van der Waals surface area contributed by atoms with Gasteiger partial charge in [0.05, 0.1) is 31.0 Å². The predicted molar refractivity (Wildman–Crippen MR) is 129 cm³/mol. The topological polar surface area (TPSA) is 76.1 Å². The van der Waals surface area contributed by atoms with Crippen molar-refractivity contribution in [1.82, 2.24) is 0 Å². The first-order valence-corrected chi connectivity index (χ1v) is 11.4. The van der Waals surface area contributed by atoms with Gasteiger partial charge in [-0.1, -0.05) is 34.1 Å². The Morgan fingerprint density at radius 3 is 2.40 bits per heavy atom. The lowest BCUT2D eigenvalue weighted by Crippen LogP contribution is -2.30. The Bertz CT molecular complexity index is 1340. The molecule has 0 aromatic heterocycles. The summed E-state index contributed by atoms with van der Waals surface area (Å²) in [7, 11) is 1.46. The van der Waals surface area contributed by atoms with Crippen LogP contribution in [0.25, 0.3) is 5.76 Å². The number of carbonyl (C=O) groups is 2. The van der Waals surface area contributed by atoms with Gasteiger partial charge in [-0.05, 0) is 48.9 Å². The molecular formula is C26H20BrF2NO5. The molecule has 1 N–H and O–H groups in total. The lowest BCUT2D eigenvalue weighted by atomic mass is 9.94. The summed E-state index contributed by atoms with van der Waals surface area (Å²) in [5.41, 5.74) is -0.0976. The minimum Gasteiger partial charge on any atom is -0.507 e. The zero-order chi connectivity index (χ0) is 25.3. The molecule has 0 radical (unpaired) electrons. The van der Waals surface area contributed by atoms with Crippen LogP contribution in [0.3, 0.4) is 0 Å². The average Bonchev–Trinajstić information content (AvgIpc) is 3.11. The molecule has 1 fully saturated rings. The number of nitrogens with zero attached hydrogens (tertiary/aromatic N) is 1. The van der Waals surface area contributed by atoms with Gasteiger partial charge in [0.2, 0.25) is 0 Å². The summed E-state index contributed by atoms with van der Waals surface area (Å²) >= 11 is 3.31. The van der Waals surface area contributed by atoms with Crippen molar-refractivity contribution in [1.29, 1.82) is 0 Å². The van der Waals surface area contributed by atoms with Crippen molar-refractivity contribution in [2.24, 2.45) is 0 Å². The fraction of sp³-hybridized carbons (Fsp3) is 0.154. The molecule has 0 saturated carbocycles. The fourth-order valence-electron chi connectivity index (χ4n) is 3.96. The van der Waals surface area contributed by atoms with Gasteiger partial charge in [-0.25, -0.2) is 8.78 Å². The first-order valence-electron chi connectivity index (χ1n) is 10.6. The van der Waals surface area contributed by atoms with Crippen molar-refractivity contribution in [3.8, 4) is 11.5 Å². The van der Waals surface area contributed by atoms with Crippen LogP contribution >= 0.6 is 15.9 Å². The van der Waals surface area contributed by atoms with Gasteiger partial charge in [-0.15, -0.1) is 0 Å². The van der Waals surface area contributed by atoms with E-state index in [1.54, 1.807) is 43.3 Å². The molecule has 1 unspecified atom stereocenters. The van der Waals surface area contributed by atoms with Crippen LogP contribution in [-0.4, -0.2) is 30.5 Å². The molecule has 0 bridgehead atoms. The summed E-state index contributed by atoms with van der Waals surface area (Å²) in [5.74, 6) is -3.56. The lowest BCUT2D eigenvalue weighted by molar-refractivity contribution is -0.132. The van der Waals surface area contributed by atoms with Crippen LogP contribution in [0.15, 0.2) is 70.7 Å². The molecule has 1 heterocycles. The Labute approximate surface area is 208 Å².